The average molecular weight is 423 g/mol. The molecule has 1 aromatic heterocycles. The first-order valence-corrected chi connectivity index (χ1v) is 8.79. The van der Waals surface area contributed by atoms with Gasteiger partial charge in [0.2, 0.25) is 0 Å². The number of piperidine rings is 1. The van der Waals surface area contributed by atoms with Crippen molar-refractivity contribution < 1.29 is 9.18 Å². The van der Waals surface area contributed by atoms with Crippen molar-refractivity contribution in [2.45, 2.75) is 31.8 Å². The summed E-state index contributed by atoms with van der Waals surface area (Å²) in [4.78, 5) is 12.4. The van der Waals surface area contributed by atoms with Crippen molar-refractivity contribution in [3.8, 4) is 0 Å². The van der Waals surface area contributed by atoms with Crippen molar-refractivity contribution in [2.75, 3.05) is 13.1 Å². The van der Waals surface area contributed by atoms with E-state index in [1.807, 2.05) is 0 Å². The van der Waals surface area contributed by atoms with Gasteiger partial charge in [-0.3, -0.25) is 4.79 Å². The number of carbonyl (C=O) groups is 1. The van der Waals surface area contributed by atoms with Crippen LogP contribution in [0.25, 0.3) is 0 Å². The Kier molecular flexibility index (Phi) is 7.23. The van der Waals surface area contributed by atoms with Gasteiger partial charge in [0.05, 0.1) is 23.3 Å². The zero-order valence-electron chi connectivity index (χ0n) is 14.0. The van der Waals surface area contributed by atoms with Gasteiger partial charge in [0.25, 0.3) is 5.91 Å². The van der Waals surface area contributed by atoms with Crippen LogP contribution in [-0.4, -0.2) is 34.0 Å². The molecule has 1 aliphatic heterocycles. The highest BCUT2D eigenvalue weighted by atomic mass is 35.5. The number of nitrogens with one attached hydrogen (secondary N) is 2. The molecule has 10 heteroatoms. The number of rotatable bonds is 4. The molecule has 1 atom stereocenters. The highest BCUT2D eigenvalue weighted by Crippen LogP contribution is 2.32. The molecular formula is C16H19Cl3FN5O. The summed E-state index contributed by atoms with van der Waals surface area (Å²) in [7, 11) is 0. The molecule has 0 saturated carbocycles. The summed E-state index contributed by atoms with van der Waals surface area (Å²) >= 11 is 12.1. The molecule has 1 saturated heterocycles. The van der Waals surface area contributed by atoms with Crippen molar-refractivity contribution in [1.29, 1.82) is 0 Å². The van der Waals surface area contributed by atoms with Gasteiger partial charge in [-0.05, 0) is 45.0 Å². The van der Waals surface area contributed by atoms with E-state index in [9.17, 15) is 9.18 Å². The second kappa shape index (κ2) is 8.99. The van der Waals surface area contributed by atoms with Crippen molar-refractivity contribution in [1.82, 2.24) is 25.6 Å². The minimum Gasteiger partial charge on any atom is -0.344 e. The molecule has 1 aliphatic rings. The molecule has 2 N–H and O–H groups in total. The lowest BCUT2D eigenvalue weighted by Crippen LogP contribution is -2.29. The van der Waals surface area contributed by atoms with E-state index in [0.717, 1.165) is 25.9 Å². The van der Waals surface area contributed by atoms with Crippen molar-refractivity contribution in [3.05, 3.63) is 45.4 Å². The Morgan fingerprint density at radius 3 is 2.77 bits per heavy atom. The van der Waals surface area contributed by atoms with Gasteiger partial charge in [-0.15, -0.1) is 17.5 Å². The third-order valence-corrected chi connectivity index (χ3v) is 5.00. The monoisotopic (exact) mass is 421 g/mol. The number of amides is 1. The number of halogens is 4. The summed E-state index contributed by atoms with van der Waals surface area (Å²) in [5.41, 5.74) is 0.538. The molecular weight excluding hydrogens is 404 g/mol. The second-order valence-electron chi connectivity index (χ2n) is 6.02. The summed E-state index contributed by atoms with van der Waals surface area (Å²) in [5, 5.41) is 14.2. The van der Waals surface area contributed by atoms with Crippen LogP contribution in [0.5, 0.6) is 0 Å². The SMILES string of the molecule is CC(NC(=O)c1cn(C2CCNCC2)nn1)c1c(Cl)ccc(F)c1Cl.Cl. The molecule has 26 heavy (non-hydrogen) atoms. The topological polar surface area (TPSA) is 71.8 Å². The largest absolute Gasteiger partial charge is 0.344 e. The van der Waals surface area contributed by atoms with Crippen LogP contribution in [0.1, 0.15) is 47.9 Å². The molecule has 0 aliphatic carbocycles. The summed E-state index contributed by atoms with van der Waals surface area (Å²) in [6.07, 6.45) is 3.51. The molecule has 2 heterocycles. The fourth-order valence-electron chi connectivity index (χ4n) is 2.91. The number of hydrogen-bond acceptors (Lipinski definition) is 4. The molecule has 1 amide bonds. The molecule has 0 bridgehead atoms. The minimum absolute atomic E-state index is 0. The van der Waals surface area contributed by atoms with Crippen LogP contribution >= 0.6 is 35.6 Å². The first-order chi connectivity index (χ1) is 12.0. The van der Waals surface area contributed by atoms with E-state index in [-0.39, 0.29) is 34.2 Å². The Morgan fingerprint density at radius 2 is 2.08 bits per heavy atom. The van der Waals surface area contributed by atoms with Crippen LogP contribution in [0, 0.1) is 5.82 Å². The molecule has 142 valence electrons. The van der Waals surface area contributed by atoms with Crippen LogP contribution < -0.4 is 10.6 Å². The normalized spacial score (nSPS) is 16.0. The van der Waals surface area contributed by atoms with E-state index in [2.05, 4.69) is 20.9 Å². The average Bonchev–Trinajstić information content (AvgIpc) is 3.09. The third kappa shape index (κ3) is 4.46. The Hall–Kier alpha value is -1.41. The Bertz CT molecular complexity index is 779. The van der Waals surface area contributed by atoms with Crippen molar-refractivity contribution in [2.24, 2.45) is 0 Å². The highest BCUT2D eigenvalue weighted by molar-refractivity contribution is 6.36. The summed E-state index contributed by atoms with van der Waals surface area (Å²) in [5.74, 6) is -0.997. The van der Waals surface area contributed by atoms with E-state index in [0.29, 0.717) is 5.56 Å². The molecule has 1 fully saturated rings. The first-order valence-electron chi connectivity index (χ1n) is 8.04. The maximum Gasteiger partial charge on any atom is 0.273 e. The van der Waals surface area contributed by atoms with Gasteiger partial charge >= 0.3 is 0 Å². The molecule has 6 nitrogen and oxygen atoms in total. The predicted molar refractivity (Wildman–Crippen MR) is 101 cm³/mol. The number of aromatic nitrogens is 3. The standard InChI is InChI=1S/C16H18Cl2FN5O.ClH/c1-9(14-11(17)2-3-12(19)15(14)18)21-16(25)13-8-24(23-22-13)10-4-6-20-7-5-10;/h2-3,8-10,20H,4-7H2,1H3,(H,21,25);1H. The van der Waals surface area contributed by atoms with Gasteiger partial charge in [-0.2, -0.15) is 0 Å². The Morgan fingerprint density at radius 1 is 1.38 bits per heavy atom. The van der Waals surface area contributed by atoms with Gasteiger partial charge < -0.3 is 10.6 Å². The highest BCUT2D eigenvalue weighted by Gasteiger charge is 2.22. The lowest BCUT2D eigenvalue weighted by Gasteiger charge is -2.22. The maximum atomic E-state index is 13.7. The molecule has 3 rings (SSSR count). The van der Waals surface area contributed by atoms with E-state index in [1.54, 1.807) is 17.8 Å². The van der Waals surface area contributed by atoms with Gasteiger partial charge in [-0.25, -0.2) is 9.07 Å². The van der Waals surface area contributed by atoms with Crippen LogP contribution in [-0.2, 0) is 0 Å². The zero-order chi connectivity index (χ0) is 18.0. The summed E-state index contributed by atoms with van der Waals surface area (Å²) in [6.45, 7) is 3.51. The lowest BCUT2D eigenvalue weighted by molar-refractivity contribution is 0.0934. The first kappa shape index (κ1) is 20.9. The van der Waals surface area contributed by atoms with Gasteiger partial charge in [-0.1, -0.05) is 28.4 Å². The molecule has 2 aromatic rings. The maximum absolute atomic E-state index is 13.7. The second-order valence-corrected chi connectivity index (χ2v) is 6.80. The number of nitrogens with zero attached hydrogens (tertiary/aromatic N) is 3. The van der Waals surface area contributed by atoms with Crippen LogP contribution in [0.3, 0.4) is 0 Å². The smallest absolute Gasteiger partial charge is 0.273 e. The number of benzene rings is 1. The van der Waals surface area contributed by atoms with E-state index >= 15 is 0 Å². The summed E-state index contributed by atoms with van der Waals surface area (Å²) in [6, 6.07) is 2.26. The van der Waals surface area contributed by atoms with Crippen LogP contribution in [0.4, 0.5) is 4.39 Å². The van der Waals surface area contributed by atoms with E-state index in [4.69, 9.17) is 23.2 Å². The quantitative estimate of drug-likeness (QED) is 0.739. The number of carbonyl (C=O) groups excluding carboxylic acids is 1. The van der Waals surface area contributed by atoms with Crippen LogP contribution in [0.2, 0.25) is 10.0 Å². The van der Waals surface area contributed by atoms with E-state index in [1.165, 1.54) is 12.1 Å². The fourth-order valence-corrected chi connectivity index (χ4v) is 3.61. The van der Waals surface area contributed by atoms with Gasteiger partial charge in [0.15, 0.2) is 5.69 Å². The minimum atomic E-state index is -0.584. The third-order valence-electron chi connectivity index (χ3n) is 4.29. The molecule has 0 radical (unpaired) electrons. The van der Waals surface area contributed by atoms with Gasteiger partial charge in [0.1, 0.15) is 5.82 Å². The Balaban J connectivity index is 0.00000243. The number of hydrogen-bond donors (Lipinski definition) is 2. The summed E-state index contributed by atoms with van der Waals surface area (Å²) < 4.78 is 15.4. The Labute approximate surface area is 166 Å². The molecule has 1 aromatic carbocycles. The molecule has 0 spiro atoms. The fraction of sp³-hybridized carbons (Fsp3) is 0.438. The van der Waals surface area contributed by atoms with Crippen LogP contribution in [0.15, 0.2) is 18.3 Å². The van der Waals surface area contributed by atoms with Gasteiger partial charge in [0, 0.05) is 10.6 Å². The predicted octanol–water partition coefficient (Wildman–Crippen LogP) is 3.56. The van der Waals surface area contributed by atoms with E-state index < -0.39 is 17.8 Å². The van der Waals surface area contributed by atoms with Crippen molar-refractivity contribution >= 4 is 41.5 Å². The van der Waals surface area contributed by atoms with Crippen molar-refractivity contribution in [3.63, 3.8) is 0 Å². The zero-order valence-corrected chi connectivity index (χ0v) is 16.3. The molecule has 1 unspecified atom stereocenters. The lowest BCUT2D eigenvalue weighted by atomic mass is 10.1.